The van der Waals surface area contributed by atoms with Crippen molar-refractivity contribution < 1.29 is 18.3 Å². The fourth-order valence-electron chi connectivity index (χ4n) is 2.13. The fraction of sp³-hybridized carbons (Fsp3) is 0.917. The zero-order valence-corrected chi connectivity index (χ0v) is 11.7. The highest BCUT2D eigenvalue weighted by molar-refractivity contribution is 5.68. The predicted molar refractivity (Wildman–Crippen MR) is 64.6 cm³/mol. The number of rotatable bonds is 1. The van der Waals surface area contributed by atoms with Crippen molar-refractivity contribution in [3.8, 4) is 0 Å². The molecule has 1 rings (SSSR count). The van der Waals surface area contributed by atoms with Crippen LogP contribution < -0.4 is 0 Å². The van der Waals surface area contributed by atoms with E-state index in [1.54, 1.807) is 34.9 Å². The summed E-state index contributed by atoms with van der Waals surface area (Å²) in [7, 11) is 3.09. The second kappa shape index (κ2) is 4.99. The van der Waals surface area contributed by atoms with E-state index < -0.39 is 23.8 Å². The van der Waals surface area contributed by atoms with Crippen molar-refractivity contribution in [2.75, 3.05) is 20.6 Å². The molecule has 106 valence electrons. The third kappa shape index (κ3) is 3.54. The number of likely N-dealkylation sites (tertiary alicyclic amines) is 1. The number of alkyl halides is 2. The highest BCUT2D eigenvalue weighted by atomic mass is 19.3. The quantitative estimate of drug-likeness (QED) is 0.729. The zero-order valence-electron chi connectivity index (χ0n) is 11.7. The van der Waals surface area contributed by atoms with Gasteiger partial charge in [-0.25, -0.2) is 13.6 Å². The van der Waals surface area contributed by atoms with Crippen LogP contribution >= 0.6 is 0 Å². The maximum Gasteiger partial charge on any atom is 0.411 e. The van der Waals surface area contributed by atoms with Crippen molar-refractivity contribution >= 4 is 6.09 Å². The zero-order chi connectivity index (χ0) is 14.1. The van der Waals surface area contributed by atoms with Crippen molar-refractivity contribution in [3.05, 3.63) is 0 Å². The summed E-state index contributed by atoms with van der Waals surface area (Å²) in [6, 6.07) is 0. The summed E-state index contributed by atoms with van der Waals surface area (Å²) in [4.78, 5) is 14.4. The first-order valence-electron chi connectivity index (χ1n) is 6.08. The van der Waals surface area contributed by atoms with Gasteiger partial charge in [0, 0.05) is 13.0 Å². The maximum atomic E-state index is 13.9. The molecule has 0 saturated carbocycles. The topological polar surface area (TPSA) is 32.8 Å². The Labute approximate surface area is 107 Å². The van der Waals surface area contributed by atoms with Gasteiger partial charge in [0.15, 0.2) is 6.17 Å². The number of carbonyl (C=O) groups is 1. The first kappa shape index (κ1) is 15.1. The molecule has 1 aliphatic heterocycles. The number of halogens is 2. The van der Waals surface area contributed by atoms with Gasteiger partial charge in [0.2, 0.25) is 0 Å². The average Bonchev–Trinajstić information content (AvgIpc) is 2.11. The second-order valence-electron chi connectivity index (χ2n) is 5.88. The van der Waals surface area contributed by atoms with Gasteiger partial charge < -0.3 is 4.74 Å². The minimum atomic E-state index is -2.90. The van der Waals surface area contributed by atoms with Crippen molar-refractivity contribution in [2.24, 2.45) is 0 Å². The summed E-state index contributed by atoms with van der Waals surface area (Å²) in [5.41, 5.74) is -0.680. The molecule has 0 N–H and O–H groups in total. The van der Waals surface area contributed by atoms with E-state index in [-0.39, 0.29) is 12.8 Å². The van der Waals surface area contributed by atoms with Crippen LogP contribution in [-0.4, -0.2) is 54.2 Å². The molecule has 18 heavy (non-hydrogen) atoms. The molecule has 1 heterocycles. The van der Waals surface area contributed by atoms with E-state index in [4.69, 9.17) is 4.74 Å². The number of hydrogen-bond acceptors (Lipinski definition) is 3. The molecular weight excluding hydrogens is 242 g/mol. The summed E-state index contributed by atoms with van der Waals surface area (Å²) in [6.07, 6.45) is -1.83. The van der Waals surface area contributed by atoms with Crippen LogP contribution in [0.2, 0.25) is 0 Å². The van der Waals surface area contributed by atoms with Crippen molar-refractivity contribution in [1.29, 1.82) is 0 Å². The van der Waals surface area contributed by atoms with Gasteiger partial charge in [-0.3, -0.25) is 9.80 Å². The largest absolute Gasteiger partial charge is 0.444 e. The fourth-order valence-corrected chi connectivity index (χ4v) is 2.13. The molecular formula is C12H22F2N2O2. The molecule has 0 radical (unpaired) electrons. The minimum absolute atomic E-state index is 0.199. The van der Waals surface area contributed by atoms with Gasteiger partial charge in [0.1, 0.15) is 5.60 Å². The Bertz CT molecular complexity index is 314. The van der Waals surface area contributed by atoms with Crippen LogP contribution in [-0.2, 0) is 4.74 Å². The number of carbonyl (C=O) groups excluding carboxylic acids is 1. The van der Waals surface area contributed by atoms with E-state index in [9.17, 15) is 13.6 Å². The van der Waals surface area contributed by atoms with E-state index in [1.165, 1.54) is 4.90 Å². The van der Waals surface area contributed by atoms with E-state index in [0.29, 0.717) is 6.54 Å². The lowest BCUT2D eigenvalue weighted by Gasteiger charge is -2.44. The van der Waals surface area contributed by atoms with Gasteiger partial charge in [-0.1, -0.05) is 0 Å². The molecule has 1 aliphatic rings. The number of hydrogen-bond donors (Lipinski definition) is 0. The first-order valence-corrected chi connectivity index (χ1v) is 6.08. The van der Waals surface area contributed by atoms with Crippen LogP contribution in [0.5, 0.6) is 0 Å². The predicted octanol–water partition coefficient (Wildman–Crippen LogP) is 2.54. The van der Waals surface area contributed by atoms with Crippen LogP contribution in [0.1, 0.15) is 33.6 Å². The SMILES string of the molecule is CN(C)C1N(C(=O)OC(C)(C)C)CCCC1(F)F. The molecule has 0 aliphatic carbocycles. The lowest BCUT2D eigenvalue weighted by molar-refractivity contribution is -0.154. The lowest BCUT2D eigenvalue weighted by atomic mass is 10.0. The highest BCUT2D eigenvalue weighted by Crippen LogP contribution is 2.34. The Morgan fingerprint density at radius 3 is 2.39 bits per heavy atom. The van der Waals surface area contributed by atoms with E-state index in [0.717, 1.165) is 4.90 Å². The first-order chi connectivity index (χ1) is 8.04. The van der Waals surface area contributed by atoms with Crippen molar-refractivity contribution in [1.82, 2.24) is 9.80 Å². The van der Waals surface area contributed by atoms with Gasteiger partial charge in [0.25, 0.3) is 5.92 Å². The molecule has 0 aromatic carbocycles. The van der Waals surface area contributed by atoms with Crippen molar-refractivity contribution in [3.63, 3.8) is 0 Å². The Morgan fingerprint density at radius 1 is 1.39 bits per heavy atom. The summed E-state index contributed by atoms with van der Waals surface area (Å²) in [5.74, 6) is -2.90. The van der Waals surface area contributed by atoms with Crippen LogP contribution in [0.25, 0.3) is 0 Å². The summed E-state index contributed by atoms with van der Waals surface area (Å²) in [5, 5.41) is 0. The molecule has 6 heteroatoms. The molecule has 1 amide bonds. The monoisotopic (exact) mass is 264 g/mol. The highest BCUT2D eigenvalue weighted by Gasteiger charge is 2.49. The van der Waals surface area contributed by atoms with Crippen molar-refractivity contribution in [2.45, 2.75) is 51.3 Å². The lowest BCUT2D eigenvalue weighted by Crippen LogP contribution is -2.61. The Morgan fingerprint density at radius 2 is 1.94 bits per heavy atom. The van der Waals surface area contributed by atoms with Gasteiger partial charge in [0.05, 0.1) is 0 Å². The average molecular weight is 264 g/mol. The van der Waals surface area contributed by atoms with Crippen LogP contribution in [0.15, 0.2) is 0 Å². The molecule has 1 unspecified atom stereocenters. The Hall–Kier alpha value is -0.910. The molecule has 1 atom stereocenters. The Kier molecular flexibility index (Phi) is 4.20. The molecule has 0 spiro atoms. The standard InChI is InChI=1S/C12H22F2N2O2/c1-11(2,3)18-10(17)16-8-6-7-12(13,14)9(16)15(4)5/h9H,6-8H2,1-5H3. The Balaban J connectivity index is 2.88. The molecule has 0 aromatic rings. The normalized spacial score (nSPS) is 24.2. The van der Waals surface area contributed by atoms with Crippen LogP contribution in [0.4, 0.5) is 13.6 Å². The third-order valence-electron chi connectivity index (χ3n) is 2.70. The number of ether oxygens (including phenoxy) is 1. The van der Waals surface area contributed by atoms with Crippen LogP contribution in [0, 0.1) is 0 Å². The number of amides is 1. The smallest absolute Gasteiger partial charge is 0.411 e. The summed E-state index contributed by atoms with van der Waals surface area (Å²) in [6.45, 7) is 5.46. The number of nitrogens with zero attached hydrogens (tertiary/aromatic N) is 2. The summed E-state index contributed by atoms with van der Waals surface area (Å²) < 4.78 is 32.9. The van der Waals surface area contributed by atoms with Gasteiger partial charge in [-0.05, 0) is 41.3 Å². The van der Waals surface area contributed by atoms with Gasteiger partial charge in [-0.15, -0.1) is 0 Å². The molecule has 1 fully saturated rings. The number of piperidine rings is 1. The second-order valence-corrected chi connectivity index (χ2v) is 5.88. The summed E-state index contributed by atoms with van der Waals surface area (Å²) >= 11 is 0. The molecule has 0 bridgehead atoms. The molecule has 0 aromatic heterocycles. The van der Waals surface area contributed by atoms with E-state index in [1.807, 2.05) is 0 Å². The van der Waals surface area contributed by atoms with Crippen LogP contribution in [0.3, 0.4) is 0 Å². The van der Waals surface area contributed by atoms with Gasteiger partial charge in [-0.2, -0.15) is 0 Å². The molecule has 1 saturated heterocycles. The van der Waals surface area contributed by atoms with E-state index >= 15 is 0 Å². The molecule has 4 nitrogen and oxygen atoms in total. The third-order valence-corrected chi connectivity index (χ3v) is 2.70. The maximum absolute atomic E-state index is 13.9. The van der Waals surface area contributed by atoms with E-state index in [2.05, 4.69) is 0 Å². The minimum Gasteiger partial charge on any atom is -0.444 e. The van der Waals surface area contributed by atoms with Gasteiger partial charge >= 0.3 is 6.09 Å².